The summed E-state index contributed by atoms with van der Waals surface area (Å²) in [6.07, 6.45) is 5.42. The van der Waals surface area contributed by atoms with Crippen LogP contribution in [0.25, 0.3) is 10.9 Å². The number of thioether (sulfide) groups is 1. The zero-order valence-corrected chi connectivity index (χ0v) is 24.3. The first-order valence-electron chi connectivity index (χ1n) is 13.5. The molecule has 0 saturated heterocycles. The van der Waals surface area contributed by atoms with E-state index < -0.39 is 47.9 Å². The topological polar surface area (TPSA) is 166 Å². The maximum absolute atomic E-state index is 13.6. The molecule has 2 aromatic rings. The van der Waals surface area contributed by atoms with Crippen molar-refractivity contribution in [1.82, 2.24) is 20.9 Å². The first-order valence-corrected chi connectivity index (χ1v) is 14.9. The number of aromatic nitrogens is 1. The molecule has 1 aromatic carbocycles. The lowest BCUT2D eigenvalue weighted by atomic mass is 9.97. The third kappa shape index (κ3) is 8.99. The van der Waals surface area contributed by atoms with Gasteiger partial charge in [-0.05, 0) is 41.9 Å². The number of amides is 3. The maximum atomic E-state index is 13.6. The zero-order chi connectivity index (χ0) is 29.1. The molecule has 2 rings (SSSR count). The van der Waals surface area contributed by atoms with Gasteiger partial charge < -0.3 is 31.8 Å². The van der Waals surface area contributed by atoms with Gasteiger partial charge in [-0.15, -0.1) is 0 Å². The molecule has 6 atom stereocenters. The monoisotopic (exact) mass is 561 g/mol. The number of hydrogen-bond acceptors (Lipinski definition) is 6. The number of hydrogen-bond donors (Lipinski definition) is 6. The van der Waals surface area contributed by atoms with Gasteiger partial charge in [0.1, 0.15) is 18.1 Å². The number of fused-ring (bicyclic) bond motifs is 1. The minimum absolute atomic E-state index is 0.0876. The van der Waals surface area contributed by atoms with Crippen molar-refractivity contribution < 1.29 is 24.3 Å². The molecule has 0 bridgehead atoms. The Labute approximate surface area is 234 Å². The second-order valence-electron chi connectivity index (χ2n) is 10.1. The maximum Gasteiger partial charge on any atom is 0.326 e. The smallest absolute Gasteiger partial charge is 0.326 e. The number of aromatic amines is 1. The Kier molecular flexibility index (Phi) is 12.8. The highest BCUT2D eigenvalue weighted by molar-refractivity contribution is 7.98. The van der Waals surface area contributed by atoms with Crippen molar-refractivity contribution >= 4 is 46.4 Å². The van der Waals surface area contributed by atoms with Crippen LogP contribution in [0.3, 0.4) is 0 Å². The summed E-state index contributed by atoms with van der Waals surface area (Å²) in [7, 11) is 0. The molecule has 0 fully saturated rings. The number of carbonyl (C=O) groups is 4. The molecule has 0 aliphatic heterocycles. The Balaban J connectivity index is 2.31. The van der Waals surface area contributed by atoms with Gasteiger partial charge in [-0.1, -0.05) is 58.7 Å². The quantitative estimate of drug-likeness (QED) is 0.183. The van der Waals surface area contributed by atoms with E-state index in [1.807, 2.05) is 51.3 Å². The van der Waals surface area contributed by atoms with Crippen molar-refractivity contribution in [3.8, 4) is 0 Å². The molecule has 0 aliphatic carbocycles. The predicted molar refractivity (Wildman–Crippen MR) is 155 cm³/mol. The highest BCUT2D eigenvalue weighted by atomic mass is 32.2. The molecule has 3 amide bonds. The number of carboxylic acids is 1. The van der Waals surface area contributed by atoms with Gasteiger partial charge in [0.15, 0.2) is 0 Å². The largest absolute Gasteiger partial charge is 0.480 e. The van der Waals surface area contributed by atoms with Crippen molar-refractivity contribution in [2.45, 2.75) is 77.5 Å². The van der Waals surface area contributed by atoms with Crippen molar-refractivity contribution in [1.29, 1.82) is 0 Å². The second kappa shape index (κ2) is 15.5. The van der Waals surface area contributed by atoms with Crippen LogP contribution in [0.1, 0.15) is 52.5 Å². The molecule has 11 heteroatoms. The van der Waals surface area contributed by atoms with E-state index in [-0.39, 0.29) is 18.3 Å². The lowest BCUT2D eigenvalue weighted by Crippen LogP contribution is -2.58. The summed E-state index contributed by atoms with van der Waals surface area (Å²) in [5.74, 6) is -2.50. The fourth-order valence-electron chi connectivity index (χ4n) is 4.22. The summed E-state index contributed by atoms with van der Waals surface area (Å²) in [4.78, 5) is 54.8. The fraction of sp³-hybridized carbons (Fsp3) is 0.571. The average molecular weight is 562 g/mol. The minimum atomic E-state index is -1.13. The highest BCUT2D eigenvalue weighted by Crippen LogP contribution is 2.20. The van der Waals surface area contributed by atoms with Crippen molar-refractivity contribution in [3.05, 3.63) is 36.0 Å². The van der Waals surface area contributed by atoms with Crippen LogP contribution >= 0.6 is 11.8 Å². The number of aliphatic carboxylic acids is 1. The molecular weight excluding hydrogens is 518 g/mol. The number of carboxylic acid groups (broad SMARTS) is 1. The molecule has 0 spiro atoms. The van der Waals surface area contributed by atoms with Crippen LogP contribution in [0.2, 0.25) is 0 Å². The number of para-hydroxylation sites is 1. The first kappa shape index (κ1) is 32.2. The predicted octanol–water partition coefficient (Wildman–Crippen LogP) is 2.42. The van der Waals surface area contributed by atoms with Crippen molar-refractivity contribution in [2.75, 3.05) is 12.0 Å². The molecule has 1 heterocycles. The van der Waals surface area contributed by atoms with Crippen LogP contribution in [0, 0.1) is 11.8 Å². The summed E-state index contributed by atoms with van der Waals surface area (Å²) >= 11 is 1.51. The molecule has 7 N–H and O–H groups in total. The van der Waals surface area contributed by atoms with Crippen LogP contribution in [0.4, 0.5) is 0 Å². The number of nitrogens with one attached hydrogen (secondary N) is 4. The Hall–Kier alpha value is -3.05. The van der Waals surface area contributed by atoms with Crippen LogP contribution < -0.4 is 21.7 Å². The van der Waals surface area contributed by atoms with Gasteiger partial charge in [-0.25, -0.2) is 4.79 Å². The number of rotatable bonds is 16. The summed E-state index contributed by atoms with van der Waals surface area (Å²) in [6, 6.07) is 3.80. The molecule has 1 aromatic heterocycles. The standard InChI is InChI=1S/C28H43N5O5S/c1-6-16(3)23(29)27(36)32-22(14-18-15-30-20-11-9-8-10-19(18)20)26(35)31-21(12-13-39-5)25(34)33-24(28(37)38)17(4)7-2/h8-11,15-17,21-24,30H,6-7,12-14,29H2,1-5H3,(H,31,35)(H,32,36)(H,33,34)(H,37,38). The Morgan fingerprint density at radius 3 is 2.18 bits per heavy atom. The third-order valence-corrected chi connectivity index (χ3v) is 7.96. The Morgan fingerprint density at radius 1 is 0.949 bits per heavy atom. The first-order chi connectivity index (χ1) is 18.5. The molecule has 216 valence electrons. The van der Waals surface area contributed by atoms with E-state index in [4.69, 9.17) is 5.73 Å². The molecule has 0 saturated carbocycles. The zero-order valence-electron chi connectivity index (χ0n) is 23.5. The summed E-state index contributed by atoms with van der Waals surface area (Å²) in [5, 5.41) is 18.7. The van der Waals surface area contributed by atoms with E-state index in [2.05, 4.69) is 20.9 Å². The van der Waals surface area contributed by atoms with E-state index in [9.17, 15) is 24.3 Å². The van der Waals surface area contributed by atoms with Crippen LogP contribution in [-0.2, 0) is 25.6 Å². The van der Waals surface area contributed by atoms with E-state index in [1.165, 1.54) is 11.8 Å². The number of carbonyl (C=O) groups excluding carboxylic acids is 3. The SMILES string of the molecule is CCC(C)C(N)C(=O)NC(Cc1c[nH]c2ccccc12)C(=O)NC(CCSC)C(=O)NC(C(=O)O)C(C)CC. The van der Waals surface area contributed by atoms with E-state index in [1.54, 1.807) is 13.1 Å². The Morgan fingerprint density at radius 2 is 1.56 bits per heavy atom. The van der Waals surface area contributed by atoms with Gasteiger partial charge in [-0.2, -0.15) is 11.8 Å². The molecule has 0 aliphatic rings. The van der Waals surface area contributed by atoms with E-state index in [0.29, 0.717) is 25.0 Å². The number of benzene rings is 1. The van der Waals surface area contributed by atoms with Gasteiger partial charge in [0.05, 0.1) is 6.04 Å². The summed E-state index contributed by atoms with van der Waals surface area (Å²) < 4.78 is 0. The average Bonchev–Trinajstić information content (AvgIpc) is 3.34. The number of H-pyrrole nitrogens is 1. The van der Waals surface area contributed by atoms with E-state index in [0.717, 1.165) is 16.5 Å². The molecule has 39 heavy (non-hydrogen) atoms. The second-order valence-corrected chi connectivity index (χ2v) is 11.1. The van der Waals surface area contributed by atoms with E-state index >= 15 is 0 Å². The fourth-order valence-corrected chi connectivity index (χ4v) is 4.70. The van der Waals surface area contributed by atoms with Crippen molar-refractivity contribution in [2.24, 2.45) is 17.6 Å². The normalized spacial score (nSPS) is 15.9. The third-order valence-electron chi connectivity index (χ3n) is 7.31. The van der Waals surface area contributed by atoms with Crippen LogP contribution in [0.15, 0.2) is 30.5 Å². The van der Waals surface area contributed by atoms with Gasteiger partial charge in [0.2, 0.25) is 17.7 Å². The lowest BCUT2D eigenvalue weighted by molar-refractivity contribution is -0.143. The minimum Gasteiger partial charge on any atom is -0.480 e. The molecule has 10 nitrogen and oxygen atoms in total. The van der Waals surface area contributed by atoms with Gasteiger partial charge in [0, 0.05) is 23.5 Å². The summed E-state index contributed by atoms with van der Waals surface area (Å²) in [5.41, 5.74) is 7.88. The molecule has 6 unspecified atom stereocenters. The lowest BCUT2D eigenvalue weighted by Gasteiger charge is -2.27. The van der Waals surface area contributed by atoms with Crippen LogP contribution in [-0.4, -0.2) is 70.0 Å². The summed E-state index contributed by atoms with van der Waals surface area (Å²) in [6.45, 7) is 7.41. The van der Waals surface area contributed by atoms with Gasteiger partial charge in [0.25, 0.3) is 0 Å². The number of nitrogens with two attached hydrogens (primary N) is 1. The molecule has 0 radical (unpaired) electrons. The van der Waals surface area contributed by atoms with Gasteiger partial charge in [-0.3, -0.25) is 14.4 Å². The Bertz CT molecular complexity index is 1120. The van der Waals surface area contributed by atoms with Crippen molar-refractivity contribution in [3.63, 3.8) is 0 Å². The van der Waals surface area contributed by atoms with Crippen LogP contribution in [0.5, 0.6) is 0 Å². The van der Waals surface area contributed by atoms with Gasteiger partial charge >= 0.3 is 5.97 Å². The molecular formula is C28H43N5O5S. The highest BCUT2D eigenvalue weighted by Gasteiger charge is 2.32.